The molecule has 0 radical (unpaired) electrons. The van der Waals surface area contributed by atoms with Gasteiger partial charge in [0, 0.05) is 29.8 Å². The highest BCUT2D eigenvalue weighted by Gasteiger charge is 2.30. The number of benzene rings is 1. The van der Waals surface area contributed by atoms with Gasteiger partial charge in [0.15, 0.2) is 18.9 Å². The predicted molar refractivity (Wildman–Crippen MR) is 156 cm³/mol. The van der Waals surface area contributed by atoms with Crippen molar-refractivity contribution >= 4 is 46.0 Å². The van der Waals surface area contributed by atoms with Gasteiger partial charge < -0.3 is 36.5 Å². The van der Waals surface area contributed by atoms with Gasteiger partial charge in [0.25, 0.3) is 0 Å². The smallest absolute Gasteiger partial charge is 0.422 e. The summed E-state index contributed by atoms with van der Waals surface area (Å²) in [4.78, 5) is 28.3. The van der Waals surface area contributed by atoms with E-state index >= 15 is 0 Å². The van der Waals surface area contributed by atoms with Crippen molar-refractivity contribution in [3.63, 3.8) is 0 Å². The Kier molecular flexibility index (Phi) is 10.6. The zero-order chi connectivity index (χ0) is 31.0. The number of ether oxygens (including phenoxy) is 1. The number of rotatable bonds is 8. The molecule has 0 saturated heterocycles. The largest absolute Gasteiger partial charge is 0.477 e. The highest BCUT2D eigenvalue weighted by atomic mass is 35.5. The molecule has 4 rings (SSSR count). The van der Waals surface area contributed by atoms with Crippen molar-refractivity contribution in [2.24, 2.45) is 21.6 Å². The molecule has 0 bridgehead atoms. The van der Waals surface area contributed by atoms with Gasteiger partial charge in [-0.3, -0.25) is 4.99 Å². The van der Waals surface area contributed by atoms with Crippen molar-refractivity contribution in [3.8, 4) is 5.88 Å². The fourth-order valence-corrected chi connectivity index (χ4v) is 3.94. The number of guanidine groups is 1. The standard InChI is InChI=1S/C19H24ClF3N6O3.C8H8N2/c1-10(2)7-26-17(24)28-18-27-14(16(30)31)4-5-29(18)11(3)12-6-13(20)15(25-8-12)32-9-19(21,22)23;9-8-5-6-3-1-2-4-7(6)10-8/h4-6,8,10-11,18H,7,9H2,1-3H3,(H,30,31)(H3,24,26,28);1-5,10H,9H2. The highest BCUT2D eigenvalue weighted by molar-refractivity contribution is 6.40. The van der Waals surface area contributed by atoms with E-state index in [9.17, 15) is 23.1 Å². The van der Waals surface area contributed by atoms with E-state index in [0.717, 1.165) is 11.3 Å². The number of carboxylic acid groups (broad SMARTS) is 1. The summed E-state index contributed by atoms with van der Waals surface area (Å²) in [5.41, 5.74) is 12.9. The van der Waals surface area contributed by atoms with E-state index in [-0.39, 0.29) is 28.5 Å². The molecule has 1 aliphatic heterocycles. The third-order valence-corrected chi connectivity index (χ3v) is 6.02. The van der Waals surface area contributed by atoms with Gasteiger partial charge in [-0.2, -0.15) is 13.2 Å². The van der Waals surface area contributed by atoms with Gasteiger partial charge in [0.2, 0.25) is 5.88 Å². The van der Waals surface area contributed by atoms with Crippen LogP contribution in [0.25, 0.3) is 10.9 Å². The highest BCUT2D eigenvalue weighted by Crippen LogP contribution is 2.30. The van der Waals surface area contributed by atoms with E-state index in [2.05, 4.69) is 30.0 Å². The lowest BCUT2D eigenvalue weighted by atomic mass is 10.1. The zero-order valence-corrected chi connectivity index (χ0v) is 23.8. The third kappa shape index (κ3) is 9.29. The molecule has 15 heteroatoms. The number of halogens is 4. The molecule has 7 N–H and O–H groups in total. The maximum atomic E-state index is 12.4. The van der Waals surface area contributed by atoms with Crippen LogP contribution >= 0.6 is 11.6 Å². The molecule has 226 valence electrons. The summed E-state index contributed by atoms with van der Waals surface area (Å²) in [6.07, 6.45) is -1.28. The molecule has 1 aromatic carbocycles. The number of nitrogens with one attached hydrogen (secondary N) is 2. The summed E-state index contributed by atoms with van der Waals surface area (Å²) in [5.74, 6) is -0.493. The van der Waals surface area contributed by atoms with Gasteiger partial charge in [-0.15, -0.1) is 0 Å². The second-order valence-corrected chi connectivity index (χ2v) is 10.1. The summed E-state index contributed by atoms with van der Waals surface area (Å²) in [6.45, 7) is 4.63. The van der Waals surface area contributed by atoms with Gasteiger partial charge in [0.1, 0.15) is 16.6 Å². The number of hydrogen-bond acceptors (Lipinski definition) is 7. The number of fused-ring (bicyclic) bond motifs is 1. The Bertz CT molecular complexity index is 1440. The molecule has 2 aromatic heterocycles. The summed E-state index contributed by atoms with van der Waals surface area (Å²) in [7, 11) is 0. The molecule has 11 nitrogen and oxygen atoms in total. The van der Waals surface area contributed by atoms with Crippen LogP contribution in [0.2, 0.25) is 5.02 Å². The number of pyridine rings is 1. The van der Waals surface area contributed by atoms with Crippen LogP contribution < -0.4 is 21.5 Å². The van der Waals surface area contributed by atoms with Gasteiger partial charge in [-0.1, -0.05) is 43.6 Å². The Hall–Kier alpha value is -4.46. The maximum absolute atomic E-state index is 12.4. The lowest BCUT2D eigenvalue weighted by molar-refractivity contribution is -0.154. The number of alkyl halides is 3. The number of aliphatic carboxylic acids is 1. The van der Waals surface area contributed by atoms with Crippen LogP contribution in [0.1, 0.15) is 32.4 Å². The number of nitrogen functional groups attached to an aromatic ring is 1. The first-order valence-electron chi connectivity index (χ1n) is 12.7. The molecular formula is C27H32ClF3N8O3. The molecule has 2 atom stereocenters. The number of anilines is 1. The molecule has 0 aliphatic carbocycles. The van der Waals surface area contributed by atoms with E-state index in [0.29, 0.717) is 12.1 Å². The van der Waals surface area contributed by atoms with E-state index in [4.69, 9.17) is 23.1 Å². The van der Waals surface area contributed by atoms with Gasteiger partial charge in [-0.25, -0.2) is 14.8 Å². The Morgan fingerprint density at radius 2 is 2.00 bits per heavy atom. The number of H-pyrrole nitrogens is 1. The summed E-state index contributed by atoms with van der Waals surface area (Å²) in [5, 5.41) is 13.2. The number of aromatic amines is 1. The predicted octanol–water partition coefficient (Wildman–Crippen LogP) is 4.69. The van der Waals surface area contributed by atoms with E-state index in [1.807, 2.05) is 44.2 Å². The van der Waals surface area contributed by atoms with Gasteiger partial charge in [-0.05, 0) is 42.7 Å². The van der Waals surface area contributed by atoms with Crippen LogP contribution in [0.5, 0.6) is 5.88 Å². The summed E-state index contributed by atoms with van der Waals surface area (Å²) >= 11 is 6.05. The average molecular weight is 609 g/mol. The maximum Gasteiger partial charge on any atom is 0.422 e. The lowest BCUT2D eigenvalue weighted by Crippen LogP contribution is -2.50. The van der Waals surface area contributed by atoms with Crippen molar-refractivity contribution in [1.29, 1.82) is 0 Å². The second kappa shape index (κ2) is 13.9. The number of carbonyl (C=O) groups is 1. The lowest BCUT2D eigenvalue weighted by Gasteiger charge is -2.36. The van der Waals surface area contributed by atoms with Gasteiger partial charge in [0.05, 0.1) is 6.04 Å². The number of carboxylic acids is 1. The second-order valence-electron chi connectivity index (χ2n) is 9.67. The number of aliphatic imine (C=N–C) groups is 2. The minimum Gasteiger partial charge on any atom is -0.477 e. The van der Waals surface area contributed by atoms with E-state index in [1.54, 1.807) is 11.8 Å². The minimum absolute atomic E-state index is 0.0803. The molecule has 0 fully saturated rings. The summed E-state index contributed by atoms with van der Waals surface area (Å²) < 4.78 is 41.7. The Labute approximate surface area is 245 Å². The van der Waals surface area contributed by atoms with E-state index in [1.165, 1.54) is 29.9 Å². The summed E-state index contributed by atoms with van der Waals surface area (Å²) in [6, 6.07) is 10.9. The Balaban J connectivity index is 0.000000401. The first-order chi connectivity index (χ1) is 19.7. The minimum atomic E-state index is -4.52. The van der Waals surface area contributed by atoms with Gasteiger partial charge >= 0.3 is 12.1 Å². The van der Waals surface area contributed by atoms with Crippen LogP contribution in [-0.4, -0.2) is 63.2 Å². The van der Waals surface area contributed by atoms with E-state index < -0.39 is 31.1 Å². The molecule has 3 aromatic rings. The molecule has 0 spiro atoms. The topological polar surface area (TPSA) is 167 Å². The fourth-order valence-electron chi connectivity index (χ4n) is 3.71. The Morgan fingerprint density at radius 3 is 2.62 bits per heavy atom. The first-order valence-corrected chi connectivity index (χ1v) is 13.1. The fraction of sp³-hybridized carbons (Fsp3) is 0.333. The number of aromatic nitrogens is 2. The van der Waals surface area contributed by atoms with Crippen LogP contribution in [0.3, 0.4) is 0 Å². The zero-order valence-electron chi connectivity index (χ0n) is 23.1. The number of nitrogens with two attached hydrogens (primary N) is 2. The van der Waals surface area contributed by atoms with Crippen molar-refractivity contribution in [3.05, 3.63) is 65.5 Å². The number of para-hydroxylation sites is 1. The van der Waals surface area contributed by atoms with Crippen molar-refractivity contribution in [1.82, 2.24) is 20.2 Å². The molecule has 42 heavy (non-hydrogen) atoms. The molecule has 1 aliphatic rings. The molecule has 0 saturated carbocycles. The SMILES string of the molecule is CC(C)CN=C(N)NC1N=C(C(=O)O)C=CN1C(C)c1cnc(OCC(F)(F)F)c(Cl)c1.Nc1cc2ccccc2[nH]1. The average Bonchev–Trinajstić information content (AvgIpc) is 3.30. The number of nitrogens with zero attached hydrogens (tertiary/aromatic N) is 4. The number of hydrogen-bond donors (Lipinski definition) is 5. The van der Waals surface area contributed by atoms with Crippen molar-refractivity contribution < 1.29 is 27.8 Å². The van der Waals surface area contributed by atoms with Crippen LogP contribution in [0, 0.1) is 5.92 Å². The van der Waals surface area contributed by atoms with Crippen LogP contribution in [0.4, 0.5) is 19.0 Å². The monoisotopic (exact) mass is 608 g/mol. The quantitative estimate of drug-likeness (QED) is 0.181. The molecule has 0 amide bonds. The first kappa shape index (κ1) is 32.1. The third-order valence-electron chi connectivity index (χ3n) is 5.75. The molecule has 3 heterocycles. The Morgan fingerprint density at radius 1 is 1.29 bits per heavy atom. The van der Waals surface area contributed by atoms with Crippen LogP contribution in [-0.2, 0) is 4.79 Å². The molecular weight excluding hydrogens is 577 g/mol. The molecule has 2 unspecified atom stereocenters. The normalized spacial score (nSPS) is 16.1. The van der Waals surface area contributed by atoms with Crippen LogP contribution in [0.15, 0.2) is 64.9 Å². The van der Waals surface area contributed by atoms with Crippen molar-refractivity contribution in [2.45, 2.75) is 39.3 Å². The van der Waals surface area contributed by atoms with Crippen molar-refractivity contribution in [2.75, 3.05) is 18.9 Å².